The molecule has 1 amide bonds. The fourth-order valence-corrected chi connectivity index (χ4v) is 4.16. The van der Waals surface area contributed by atoms with E-state index in [1.807, 2.05) is 80.6 Å². The van der Waals surface area contributed by atoms with Crippen LogP contribution in [0.3, 0.4) is 0 Å². The van der Waals surface area contributed by atoms with Gasteiger partial charge in [0.05, 0.1) is 20.6 Å². The molecule has 0 unspecified atom stereocenters. The lowest BCUT2D eigenvalue weighted by Crippen LogP contribution is -2.39. The largest absolute Gasteiger partial charge is 0.497 e. The van der Waals surface area contributed by atoms with Crippen molar-refractivity contribution in [2.75, 3.05) is 14.2 Å². The van der Waals surface area contributed by atoms with Crippen LogP contribution in [0.4, 0.5) is 0 Å². The zero-order valence-corrected chi connectivity index (χ0v) is 22.3. The smallest absolute Gasteiger partial charge is 0.333 e. The molecule has 7 nitrogen and oxygen atoms in total. The van der Waals surface area contributed by atoms with Crippen molar-refractivity contribution in [1.29, 1.82) is 0 Å². The first kappa shape index (κ1) is 28.4. The van der Waals surface area contributed by atoms with Gasteiger partial charge in [-0.3, -0.25) is 9.59 Å². The summed E-state index contributed by atoms with van der Waals surface area (Å²) < 4.78 is 15.7. The Hall–Kier alpha value is -4.13. The van der Waals surface area contributed by atoms with Gasteiger partial charge in [0.2, 0.25) is 5.91 Å². The maximum absolute atomic E-state index is 13.3. The van der Waals surface area contributed by atoms with Gasteiger partial charge in [-0.1, -0.05) is 80.6 Å². The number of carbonyl (C=O) groups is 3. The molecule has 0 spiro atoms. The molecule has 0 fully saturated rings. The van der Waals surface area contributed by atoms with Crippen molar-refractivity contribution in [3.8, 4) is 16.9 Å². The number of amides is 1. The highest BCUT2D eigenvalue weighted by Gasteiger charge is 2.30. The van der Waals surface area contributed by atoms with Crippen LogP contribution < -0.4 is 10.1 Å². The molecular weight excluding hydrogens is 482 g/mol. The molecule has 7 heteroatoms. The number of ether oxygens (including phenoxy) is 3. The lowest BCUT2D eigenvalue weighted by atomic mass is 9.92. The van der Waals surface area contributed by atoms with Gasteiger partial charge in [-0.2, -0.15) is 0 Å². The first-order chi connectivity index (χ1) is 18.3. The number of rotatable bonds is 12. The van der Waals surface area contributed by atoms with Crippen LogP contribution >= 0.6 is 0 Å². The monoisotopic (exact) mass is 517 g/mol. The van der Waals surface area contributed by atoms with E-state index >= 15 is 0 Å². The van der Waals surface area contributed by atoms with E-state index in [0.29, 0.717) is 12.0 Å². The summed E-state index contributed by atoms with van der Waals surface area (Å²) in [6, 6.07) is 23.3. The van der Waals surface area contributed by atoms with Gasteiger partial charge in [0, 0.05) is 5.92 Å². The number of benzene rings is 3. The summed E-state index contributed by atoms with van der Waals surface area (Å²) in [5, 5.41) is 2.84. The van der Waals surface area contributed by atoms with Gasteiger partial charge in [-0.25, -0.2) is 4.79 Å². The third kappa shape index (κ3) is 8.20. The Labute approximate surface area is 224 Å². The molecule has 3 aromatic carbocycles. The molecule has 3 rings (SSSR count). The second-order valence-electron chi connectivity index (χ2n) is 9.50. The second kappa shape index (κ2) is 14.0. The number of hydrogen-bond acceptors (Lipinski definition) is 6. The zero-order chi connectivity index (χ0) is 27.5. The van der Waals surface area contributed by atoms with Gasteiger partial charge in [0.15, 0.2) is 6.04 Å². The molecule has 1 N–H and O–H groups in total. The molecule has 0 saturated carbocycles. The van der Waals surface area contributed by atoms with Gasteiger partial charge >= 0.3 is 11.9 Å². The predicted molar refractivity (Wildman–Crippen MR) is 145 cm³/mol. The van der Waals surface area contributed by atoms with Crippen molar-refractivity contribution in [3.63, 3.8) is 0 Å². The molecule has 0 radical (unpaired) electrons. The topological polar surface area (TPSA) is 90.9 Å². The maximum atomic E-state index is 13.3. The Morgan fingerprint density at radius 1 is 0.842 bits per heavy atom. The normalized spacial score (nSPS) is 12.3. The summed E-state index contributed by atoms with van der Waals surface area (Å²) in [5.74, 6) is -1.19. The lowest BCUT2D eigenvalue weighted by Gasteiger charge is -2.23. The van der Waals surface area contributed by atoms with Crippen molar-refractivity contribution in [2.45, 2.75) is 39.3 Å². The van der Waals surface area contributed by atoms with E-state index in [4.69, 9.17) is 14.2 Å². The number of esters is 2. The minimum absolute atomic E-state index is 0.0684. The number of nitrogens with one attached hydrogen (secondary N) is 1. The van der Waals surface area contributed by atoms with Crippen LogP contribution in [-0.2, 0) is 30.5 Å². The zero-order valence-electron chi connectivity index (χ0n) is 22.3. The molecule has 2 atom stereocenters. The van der Waals surface area contributed by atoms with E-state index in [2.05, 4.69) is 5.32 Å². The van der Waals surface area contributed by atoms with Crippen molar-refractivity contribution in [2.24, 2.45) is 11.8 Å². The molecule has 0 bridgehead atoms. The summed E-state index contributed by atoms with van der Waals surface area (Å²) in [5.41, 5.74) is 3.30. The third-order valence-electron chi connectivity index (χ3n) is 6.16. The first-order valence-corrected chi connectivity index (χ1v) is 12.6. The summed E-state index contributed by atoms with van der Waals surface area (Å²) in [4.78, 5) is 38.6. The third-order valence-corrected chi connectivity index (χ3v) is 6.16. The summed E-state index contributed by atoms with van der Waals surface area (Å²) in [6.45, 7) is 4.02. The van der Waals surface area contributed by atoms with Gasteiger partial charge in [0.25, 0.3) is 0 Å². The minimum atomic E-state index is -1.04. The van der Waals surface area contributed by atoms with Crippen LogP contribution in [0.5, 0.6) is 5.75 Å². The molecule has 0 aliphatic rings. The average molecular weight is 518 g/mol. The maximum Gasteiger partial charge on any atom is 0.333 e. The van der Waals surface area contributed by atoms with Crippen LogP contribution in [0, 0.1) is 11.8 Å². The fourth-order valence-electron chi connectivity index (χ4n) is 4.16. The van der Waals surface area contributed by atoms with E-state index in [0.717, 1.165) is 22.4 Å². The van der Waals surface area contributed by atoms with Gasteiger partial charge in [-0.05, 0) is 46.7 Å². The van der Waals surface area contributed by atoms with Crippen molar-refractivity contribution in [3.05, 3.63) is 90.0 Å². The highest BCUT2D eigenvalue weighted by atomic mass is 16.5. The van der Waals surface area contributed by atoms with Crippen LogP contribution in [0.25, 0.3) is 11.1 Å². The van der Waals surface area contributed by atoms with Crippen molar-refractivity contribution >= 4 is 17.8 Å². The molecule has 200 valence electrons. The summed E-state index contributed by atoms with van der Waals surface area (Å²) in [7, 11) is 2.91. The SMILES string of the molecule is COC(=O)C[C@@H](CC(C)C)C(=O)N[C@H](C(=O)OCc1ccccc1)c1ccc(-c2cccc(OC)c2)cc1. The molecule has 0 aromatic heterocycles. The number of carbonyl (C=O) groups excluding carboxylic acids is 3. The second-order valence-corrected chi connectivity index (χ2v) is 9.50. The first-order valence-electron chi connectivity index (χ1n) is 12.6. The van der Waals surface area contributed by atoms with Crippen molar-refractivity contribution < 1.29 is 28.6 Å². The Morgan fingerprint density at radius 3 is 2.18 bits per heavy atom. The number of methoxy groups -OCH3 is 2. The van der Waals surface area contributed by atoms with Gasteiger partial charge < -0.3 is 19.5 Å². The van der Waals surface area contributed by atoms with E-state index < -0.39 is 29.8 Å². The standard InChI is InChI=1S/C31H35NO6/c1-21(2)17-26(19-28(33)37-4)30(34)32-29(31(35)38-20-22-9-6-5-7-10-22)24-15-13-23(14-16-24)25-11-8-12-27(18-25)36-3/h5-16,18,21,26,29H,17,19-20H2,1-4H3,(H,32,34)/t26-,29+/m1/s1. The molecule has 0 heterocycles. The quantitative estimate of drug-likeness (QED) is 0.320. The van der Waals surface area contributed by atoms with E-state index in [-0.39, 0.29) is 18.9 Å². The molecule has 3 aromatic rings. The minimum Gasteiger partial charge on any atom is -0.497 e. The molecule has 0 saturated heterocycles. The molecular formula is C31H35NO6. The Morgan fingerprint density at radius 2 is 1.55 bits per heavy atom. The molecule has 0 aliphatic carbocycles. The molecule has 0 aliphatic heterocycles. The summed E-state index contributed by atoms with van der Waals surface area (Å²) >= 11 is 0. The highest BCUT2D eigenvalue weighted by molar-refractivity contribution is 5.89. The van der Waals surface area contributed by atoms with E-state index in [1.54, 1.807) is 19.2 Å². The van der Waals surface area contributed by atoms with Crippen LogP contribution in [0.2, 0.25) is 0 Å². The lowest BCUT2D eigenvalue weighted by molar-refractivity contribution is -0.150. The van der Waals surface area contributed by atoms with Crippen molar-refractivity contribution in [1.82, 2.24) is 5.32 Å². The summed E-state index contributed by atoms with van der Waals surface area (Å²) in [6.07, 6.45) is 0.405. The van der Waals surface area contributed by atoms with Crippen LogP contribution in [0.15, 0.2) is 78.9 Å². The van der Waals surface area contributed by atoms with E-state index in [9.17, 15) is 14.4 Å². The Kier molecular flexibility index (Phi) is 10.5. The molecule has 38 heavy (non-hydrogen) atoms. The van der Waals surface area contributed by atoms with Gasteiger partial charge in [-0.15, -0.1) is 0 Å². The van der Waals surface area contributed by atoms with Crippen LogP contribution in [0.1, 0.15) is 43.9 Å². The fraction of sp³-hybridized carbons (Fsp3) is 0.323. The Bertz CT molecular complexity index is 1210. The van der Waals surface area contributed by atoms with Gasteiger partial charge in [0.1, 0.15) is 12.4 Å². The van der Waals surface area contributed by atoms with Crippen LogP contribution in [-0.4, -0.2) is 32.1 Å². The highest BCUT2D eigenvalue weighted by Crippen LogP contribution is 2.27. The van der Waals surface area contributed by atoms with E-state index in [1.165, 1.54) is 7.11 Å². The number of hydrogen-bond donors (Lipinski definition) is 1. The predicted octanol–water partition coefficient (Wildman–Crippen LogP) is 5.49. The Balaban J connectivity index is 1.86. The average Bonchev–Trinajstić information content (AvgIpc) is 2.94.